The molecule has 1 aromatic carbocycles. The molecule has 0 radical (unpaired) electrons. The fourth-order valence-electron chi connectivity index (χ4n) is 2.42. The van der Waals surface area contributed by atoms with Crippen LogP contribution in [0.1, 0.15) is 24.0 Å². The van der Waals surface area contributed by atoms with Crippen molar-refractivity contribution < 1.29 is 0 Å². The van der Waals surface area contributed by atoms with Crippen LogP contribution < -0.4 is 0 Å². The smallest absolute Gasteiger partial charge is 0.211 e. The number of aromatic nitrogens is 1. The molecule has 0 saturated heterocycles. The van der Waals surface area contributed by atoms with Gasteiger partial charge in [-0.05, 0) is 42.9 Å². The van der Waals surface area contributed by atoms with Gasteiger partial charge < -0.3 is 4.90 Å². The Balaban J connectivity index is 2.06. The Hall–Kier alpha value is -1.42. The lowest BCUT2D eigenvalue weighted by Gasteiger charge is -2.15. The lowest BCUT2D eigenvalue weighted by molar-refractivity contribution is 0.643. The summed E-state index contributed by atoms with van der Waals surface area (Å²) in [6.45, 7) is 0. The number of nitrogens with zero attached hydrogens (tertiary/aromatic N) is 3. The zero-order chi connectivity index (χ0) is 12.5. The molecule has 0 saturated carbocycles. The van der Waals surface area contributed by atoms with Gasteiger partial charge >= 0.3 is 0 Å². The van der Waals surface area contributed by atoms with E-state index in [2.05, 4.69) is 22.1 Å². The first-order valence-corrected chi connectivity index (χ1v) is 7.17. The van der Waals surface area contributed by atoms with Gasteiger partial charge in [0.1, 0.15) is 0 Å². The molecule has 0 atom stereocenters. The molecular weight excluding hydrogens is 242 g/mol. The van der Waals surface area contributed by atoms with E-state index in [0.29, 0.717) is 0 Å². The zero-order valence-corrected chi connectivity index (χ0v) is 11.6. The summed E-state index contributed by atoms with van der Waals surface area (Å²) in [5.41, 5.74) is 4.13. The molecule has 1 heterocycles. The van der Waals surface area contributed by atoms with E-state index in [1.807, 2.05) is 25.3 Å². The average molecular weight is 259 g/mol. The molecule has 0 spiro atoms. The Morgan fingerprint density at radius 3 is 2.94 bits per heavy atom. The molecule has 4 heteroatoms. The van der Waals surface area contributed by atoms with E-state index >= 15 is 0 Å². The Morgan fingerprint density at radius 1 is 1.28 bits per heavy atom. The van der Waals surface area contributed by atoms with Crippen molar-refractivity contribution >= 4 is 33.0 Å². The lowest BCUT2D eigenvalue weighted by Crippen LogP contribution is -2.06. The molecule has 0 amide bonds. The van der Waals surface area contributed by atoms with Crippen LogP contribution in [0, 0.1) is 0 Å². The van der Waals surface area contributed by atoms with Gasteiger partial charge in [-0.3, -0.25) is 0 Å². The minimum atomic E-state index is 0.859. The highest BCUT2D eigenvalue weighted by atomic mass is 32.1. The predicted octanol–water partition coefficient (Wildman–Crippen LogP) is 3.40. The summed E-state index contributed by atoms with van der Waals surface area (Å²) in [6, 6.07) is 4.39. The standard InChI is InChI=1S/C14H17N3S/c1-17(2)9-15-14-16-12-8-7-10-5-3-4-6-11(10)13(12)18-14/h7-9H,3-6H2,1-2H3. The second kappa shape index (κ2) is 4.69. The van der Waals surface area contributed by atoms with E-state index in [9.17, 15) is 0 Å². The number of aliphatic imine (C=N–C) groups is 1. The quantitative estimate of drug-likeness (QED) is 0.611. The van der Waals surface area contributed by atoms with E-state index in [0.717, 1.165) is 10.6 Å². The van der Waals surface area contributed by atoms with Gasteiger partial charge in [0.2, 0.25) is 5.13 Å². The molecule has 0 fully saturated rings. The molecule has 1 aliphatic rings. The maximum Gasteiger partial charge on any atom is 0.211 e. The van der Waals surface area contributed by atoms with Gasteiger partial charge in [0.15, 0.2) is 0 Å². The fraction of sp³-hybridized carbons (Fsp3) is 0.429. The number of thiazole rings is 1. The SMILES string of the molecule is CN(C)C=Nc1nc2ccc3c(c2s1)CCCC3. The van der Waals surface area contributed by atoms with Crippen molar-refractivity contribution in [2.75, 3.05) is 14.1 Å². The Kier molecular flexibility index (Phi) is 3.04. The Morgan fingerprint density at radius 2 is 2.11 bits per heavy atom. The summed E-state index contributed by atoms with van der Waals surface area (Å²) in [5, 5.41) is 0.859. The first kappa shape index (κ1) is 11.7. The van der Waals surface area contributed by atoms with Gasteiger partial charge in [-0.25, -0.2) is 9.98 Å². The molecular formula is C14H17N3S. The van der Waals surface area contributed by atoms with Crippen LogP contribution in [0.4, 0.5) is 5.13 Å². The van der Waals surface area contributed by atoms with Crippen molar-refractivity contribution in [3.63, 3.8) is 0 Å². The van der Waals surface area contributed by atoms with Gasteiger partial charge in [-0.2, -0.15) is 0 Å². The second-order valence-electron chi connectivity index (χ2n) is 4.96. The first-order valence-electron chi connectivity index (χ1n) is 6.36. The summed E-state index contributed by atoms with van der Waals surface area (Å²) < 4.78 is 1.35. The number of fused-ring (bicyclic) bond motifs is 3. The van der Waals surface area contributed by atoms with Crippen LogP contribution in [0.25, 0.3) is 10.2 Å². The largest absolute Gasteiger partial charge is 0.369 e. The Bertz CT molecular complexity index is 598. The third-order valence-corrected chi connectivity index (χ3v) is 4.31. The van der Waals surface area contributed by atoms with Gasteiger partial charge in [0.05, 0.1) is 16.6 Å². The second-order valence-corrected chi connectivity index (χ2v) is 5.94. The van der Waals surface area contributed by atoms with Crippen LogP contribution in [-0.4, -0.2) is 30.3 Å². The molecule has 3 nitrogen and oxygen atoms in total. The van der Waals surface area contributed by atoms with Gasteiger partial charge in [0.25, 0.3) is 0 Å². The van der Waals surface area contributed by atoms with E-state index in [1.165, 1.54) is 41.5 Å². The molecule has 18 heavy (non-hydrogen) atoms. The lowest BCUT2D eigenvalue weighted by atomic mass is 9.91. The van der Waals surface area contributed by atoms with E-state index in [1.54, 1.807) is 11.3 Å². The van der Waals surface area contributed by atoms with Crippen LogP contribution in [0.15, 0.2) is 17.1 Å². The maximum atomic E-state index is 4.59. The molecule has 0 aliphatic heterocycles. The van der Waals surface area contributed by atoms with Crippen molar-refractivity contribution in [2.24, 2.45) is 4.99 Å². The van der Waals surface area contributed by atoms with Crippen LogP contribution in [0.5, 0.6) is 0 Å². The van der Waals surface area contributed by atoms with E-state index in [4.69, 9.17) is 0 Å². The van der Waals surface area contributed by atoms with Crippen molar-refractivity contribution in [3.05, 3.63) is 23.3 Å². The topological polar surface area (TPSA) is 28.5 Å². The van der Waals surface area contributed by atoms with Crippen molar-refractivity contribution in [1.82, 2.24) is 9.88 Å². The minimum absolute atomic E-state index is 0.859. The van der Waals surface area contributed by atoms with E-state index in [-0.39, 0.29) is 0 Å². The van der Waals surface area contributed by atoms with Gasteiger partial charge in [-0.1, -0.05) is 17.4 Å². The third-order valence-electron chi connectivity index (χ3n) is 3.27. The van der Waals surface area contributed by atoms with E-state index < -0.39 is 0 Å². The summed E-state index contributed by atoms with van der Waals surface area (Å²) in [4.78, 5) is 10.9. The predicted molar refractivity (Wildman–Crippen MR) is 78.1 cm³/mol. The minimum Gasteiger partial charge on any atom is -0.369 e. The third kappa shape index (κ3) is 2.12. The van der Waals surface area contributed by atoms with Crippen LogP contribution in [-0.2, 0) is 12.8 Å². The monoisotopic (exact) mass is 259 g/mol. The van der Waals surface area contributed by atoms with Crippen molar-refractivity contribution in [2.45, 2.75) is 25.7 Å². The van der Waals surface area contributed by atoms with Gasteiger partial charge in [0, 0.05) is 14.1 Å². The number of benzene rings is 1. The highest BCUT2D eigenvalue weighted by molar-refractivity contribution is 7.22. The molecule has 3 rings (SSSR count). The number of aryl methyl sites for hydroxylation is 2. The zero-order valence-electron chi connectivity index (χ0n) is 10.8. The molecule has 0 unspecified atom stereocenters. The molecule has 2 aromatic rings. The average Bonchev–Trinajstić information content (AvgIpc) is 2.79. The van der Waals surface area contributed by atoms with Crippen LogP contribution in [0.3, 0.4) is 0 Å². The molecule has 94 valence electrons. The fourth-order valence-corrected chi connectivity index (χ4v) is 3.42. The normalized spacial score (nSPS) is 15.2. The van der Waals surface area contributed by atoms with Crippen LogP contribution in [0.2, 0.25) is 0 Å². The highest BCUT2D eigenvalue weighted by Gasteiger charge is 2.15. The highest BCUT2D eigenvalue weighted by Crippen LogP contribution is 2.35. The van der Waals surface area contributed by atoms with Crippen molar-refractivity contribution in [3.8, 4) is 0 Å². The molecule has 1 aromatic heterocycles. The molecule has 1 aliphatic carbocycles. The number of rotatable bonds is 2. The summed E-state index contributed by atoms with van der Waals surface area (Å²) in [6.07, 6.45) is 6.86. The summed E-state index contributed by atoms with van der Waals surface area (Å²) >= 11 is 1.72. The number of hydrogen-bond donors (Lipinski definition) is 0. The first-order chi connectivity index (χ1) is 8.74. The van der Waals surface area contributed by atoms with Gasteiger partial charge in [-0.15, -0.1) is 0 Å². The molecule has 0 bridgehead atoms. The van der Waals surface area contributed by atoms with Crippen molar-refractivity contribution in [1.29, 1.82) is 0 Å². The van der Waals surface area contributed by atoms with Crippen LogP contribution >= 0.6 is 11.3 Å². The summed E-state index contributed by atoms with van der Waals surface area (Å²) in [7, 11) is 3.94. The number of hydrogen-bond acceptors (Lipinski definition) is 3. The molecule has 0 N–H and O–H groups in total. The maximum absolute atomic E-state index is 4.59. The summed E-state index contributed by atoms with van der Waals surface area (Å²) in [5.74, 6) is 0. The Labute approximate surface area is 111 Å².